The molecule has 1 unspecified atom stereocenters. The third kappa shape index (κ3) is 9.62. The van der Waals surface area contributed by atoms with E-state index in [0.29, 0.717) is 0 Å². The molecule has 1 nitrogen and oxygen atoms in total. The molecule has 0 aliphatic carbocycles. The van der Waals surface area contributed by atoms with E-state index in [0.717, 1.165) is 12.5 Å². The minimum atomic E-state index is 0.824. The van der Waals surface area contributed by atoms with E-state index in [1.807, 2.05) is 7.05 Å². The molecule has 0 heterocycles. The molecule has 0 saturated heterocycles. The first kappa shape index (κ1) is 12.7. The second-order valence-corrected chi connectivity index (χ2v) is 3.85. The zero-order valence-electron chi connectivity index (χ0n) is 9.47. The minimum absolute atomic E-state index is 0.824. The highest BCUT2D eigenvalue weighted by Gasteiger charge is 1.97. The van der Waals surface area contributed by atoms with Crippen LogP contribution < -0.4 is 5.32 Å². The lowest BCUT2D eigenvalue weighted by molar-refractivity contribution is 0.489. The van der Waals surface area contributed by atoms with E-state index in [1.165, 1.54) is 32.1 Å². The molecule has 78 valence electrons. The van der Waals surface area contributed by atoms with Crippen LogP contribution in [0.4, 0.5) is 0 Å². The quantitative estimate of drug-likeness (QED) is 0.449. The van der Waals surface area contributed by atoms with Crippen LogP contribution >= 0.6 is 0 Å². The van der Waals surface area contributed by atoms with Crippen LogP contribution in [0.3, 0.4) is 0 Å². The van der Waals surface area contributed by atoms with Gasteiger partial charge in [-0.25, -0.2) is 0 Å². The van der Waals surface area contributed by atoms with Gasteiger partial charge in [-0.2, -0.15) is 0 Å². The van der Waals surface area contributed by atoms with Gasteiger partial charge in [0, 0.05) is 0 Å². The Morgan fingerprint density at radius 3 is 2.54 bits per heavy atom. The Morgan fingerprint density at radius 1 is 1.23 bits per heavy atom. The van der Waals surface area contributed by atoms with Crippen LogP contribution in [-0.4, -0.2) is 13.6 Å². The smallest absolute Gasteiger partial charge is 0.00262 e. The topological polar surface area (TPSA) is 12.0 Å². The summed E-state index contributed by atoms with van der Waals surface area (Å²) in [7, 11) is 2.03. The predicted octanol–water partition coefficient (Wildman–Crippen LogP) is 3.37. The molecule has 1 N–H and O–H groups in total. The monoisotopic (exact) mass is 183 g/mol. The lowest BCUT2D eigenvalue weighted by Gasteiger charge is -2.08. The first-order chi connectivity index (χ1) is 6.31. The maximum atomic E-state index is 3.21. The Labute approximate surface area is 83.6 Å². The van der Waals surface area contributed by atoms with E-state index in [1.54, 1.807) is 0 Å². The van der Waals surface area contributed by atoms with Crippen molar-refractivity contribution in [2.24, 2.45) is 5.92 Å². The maximum absolute atomic E-state index is 3.21. The first-order valence-electron chi connectivity index (χ1n) is 5.60. The standard InChI is InChI=1S/C12H25N/c1-4-5-6-7-8-9-10-12(2)11-13-3/h6-7,12-13H,4-5,8-11H2,1-3H3/b7-6+. The number of rotatable bonds is 8. The number of nitrogens with one attached hydrogen (secondary N) is 1. The van der Waals surface area contributed by atoms with Crippen LogP contribution in [0.5, 0.6) is 0 Å². The molecule has 0 aliphatic heterocycles. The molecule has 0 radical (unpaired) electrons. The fourth-order valence-corrected chi connectivity index (χ4v) is 1.44. The molecule has 0 amide bonds. The van der Waals surface area contributed by atoms with Crippen LogP contribution in [0.1, 0.15) is 46.0 Å². The van der Waals surface area contributed by atoms with Crippen LogP contribution in [-0.2, 0) is 0 Å². The van der Waals surface area contributed by atoms with Gasteiger partial charge in [0.1, 0.15) is 0 Å². The minimum Gasteiger partial charge on any atom is -0.319 e. The average Bonchev–Trinajstić information content (AvgIpc) is 2.11. The molecular formula is C12H25N. The second kappa shape index (κ2) is 9.79. The zero-order valence-corrected chi connectivity index (χ0v) is 9.47. The fourth-order valence-electron chi connectivity index (χ4n) is 1.44. The van der Waals surface area contributed by atoms with Crippen molar-refractivity contribution < 1.29 is 0 Å². The van der Waals surface area contributed by atoms with Gasteiger partial charge in [-0.05, 0) is 45.2 Å². The Bertz CT molecular complexity index is 118. The van der Waals surface area contributed by atoms with Crippen LogP contribution in [0.25, 0.3) is 0 Å². The molecule has 0 aromatic carbocycles. The molecule has 0 bridgehead atoms. The van der Waals surface area contributed by atoms with Crippen molar-refractivity contribution >= 4 is 0 Å². The van der Waals surface area contributed by atoms with E-state index >= 15 is 0 Å². The van der Waals surface area contributed by atoms with Crippen molar-refractivity contribution in [1.29, 1.82) is 0 Å². The van der Waals surface area contributed by atoms with Crippen LogP contribution in [0, 0.1) is 5.92 Å². The third-order valence-corrected chi connectivity index (χ3v) is 2.24. The van der Waals surface area contributed by atoms with Crippen molar-refractivity contribution in [2.45, 2.75) is 46.0 Å². The summed E-state index contributed by atoms with van der Waals surface area (Å²) in [6.45, 7) is 5.68. The molecule has 0 fully saturated rings. The number of hydrogen-bond donors (Lipinski definition) is 1. The SMILES string of the molecule is CCC/C=C/CCCC(C)CNC. The van der Waals surface area contributed by atoms with Gasteiger partial charge in [0.05, 0.1) is 0 Å². The summed E-state index contributed by atoms with van der Waals surface area (Å²) < 4.78 is 0. The van der Waals surface area contributed by atoms with Gasteiger partial charge < -0.3 is 5.32 Å². The first-order valence-corrected chi connectivity index (χ1v) is 5.60. The van der Waals surface area contributed by atoms with Gasteiger partial charge >= 0.3 is 0 Å². The lowest BCUT2D eigenvalue weighted by atomic mass is 10.0. The predicted molar refractivity (Wildman–Crippen MR) is 61.0 cm³/mol. The van der Waals surface area contributed by atoms with Crippen molar-refractivity contribution in [2.75, 3.05) is 13.6 Å². The Kier molecular flexibility index (Phi) is 9.56. The number of hydrogen-bond acceptors (Lipinski definition) is 1. The van der Waals surface area contributed by atoms with Gasteiger partial charge in [0.15, 0.2) is 0 Å². The zero-order chi connectivity index (χ0) is 9.94. The van der Waals surface area contributed by atoms with Crippen molar-refractivity contribution in [3.8, 4) is 0 Å². The van der Waals surface area contributed by atoms with Crippen molar-refractivity contribution in [1.82, 2.24) is 5.32 Å². The normalized spacial score (nSPS) is 13.8. The number of unbranched alkanes of at least 4 members (excludes halogenated alkanes) is 2. The van der Waals surface area contributed by atoms with Crippen LogP contribution in [0.15, 0.2) is 12.2 Å². The largest absolute Gasteiger partial charge is 0.319 e. The summed E-state index contributed by atoms with van der Waals surface area (Å²) in [4.78, 5) is 0. The highest BCUT2D eigenvalue weighted by molar-refractivity contribution is 4.80. The summed E-state index contributed by atoms with van der Waals surface area (Å²) in [5.74, 6) is 0.824. The van der Waals surface area contributed by atoms with Gasteiger partial charge in [0.2, 0.25) is 0 Å². The Balaban J connectivity index is 3.15. The van der Waals surface area contributed by atoms with Gasteiger partial charge in [-0.3, -0.25) is 0 Å². The highest BCUT2D eigenvalue weighted by atomic mass is 14.8. The molecule has 0 rings (SSSR count). The van der Waals surface area contributed by atoms with Crippen molar-refractivity contribution in [3.63, 3.8) is 0 Å². The van der Waals surface area contributed by atoms with E-state index < -0.39 is 0 Å². The molecule has 0 spiro atoms. The molecule has 0 aliphatic rings. The molecule has 0 aromatic rings. The van der Waals surface area contributed by atoms with E-state index in [-0.39, 0.29) is 0 Å². The third-order valence-electron chi connectivity index (χ3n) is 2.24. The second-order valence-electron chi connectivity index (χ2n) is 3.85. The van der Waals surface area contributed by atoms with E-state index in [9.17, 15) is 0 Å². The summed E-state index contributed by atoms with van der Waals surface area (Å²) >= 11 is 0. The van der Waals surface area contributed by atoms with Crippen molar-refractivity contribution in [3.05, 3.63) is 12.2 Å². The van der Waals surface area contributed by atoms with Gasteiger partial charge in [-0.15, -0.1) is 0 Å². The Hall–Kier alpha value is -0.300. The Morgan fingerprint density at radius 2 is 1.92 bits per heavy atom. The number of allylic oxidation sites excluding steroid dienone is 2. The van der Waals surface area contributed by atoms with Crippen LogP contribution in [0.2, 0.25) is 0 Å². The molecule has 0 aromatic heterocycles. The average molecular weight is 183 g/mol. The molecular weight excluding hydrogens is 158 g/mol. The summed E-state index contributed by atoms with van der Waals surface area (Å²) in [6.07, 6.45) is 11.1. The highest BCUT2D eigenvalue weighted by Crippen LogP contribution is 2.07. The van der Waals surface area contributed by atoms with E-state index in [2.05, 4.69) is 31.3 Å². The van der Waals surface area contributed by atoms with Gasteiger partial charge in [0.25, 0.3) is 0 Å². The lowest BCUT2D eigenvalue weighted by Crippen LogP contribution is -2.15. The summed E-state index contributed by atoms with van der Waals surface area (Å²) in [5, 5.41) is 3.21. The molecule has 0 saturated carbocycles. The molecule has 1 heteroatoms. The fraction of sp³-hybridized carbons (Fsp3) is 0.833. The molecule has 1 atom stereocenters. The molecule has 13 heavy (non-hydrogen) atoms. The summed E-state index contributed by atoms with van der Waals surface area (Å²) in [5.41, 5.74) is 0. The maximum Gasteiger partial charge on any atom is -0.00262 e. The van der Waals surface area contributed by atoms with Gasteiger partial charge in [-0.1, -0.05) is 32.4 Å². The van der Waals surface area contributed by atoms with E-state index in [4.69, 9.17) is 0 Å². The summed E-state index contributed by atoms with van der Waals surface area (Å²) in [6, 6.07) is 0.